The minimum Gasteiger partial charge on any atom is -0.336 e. The molecule has 6 heteroatoms. The molecule has 19 heavy (non-hydrogen) atoms. The summed E-state index contributed by atoms with van der Waals surface area (Å²) in [5.74, 6) is 0.734. The van der Waals surface area contributed by atoms with Gasteiger partial charge in [-0.2, -0.15) is 0 Å². The molecule has 0 aromatic carbocycles. The van der Waals surface area contributed by atoms with E-state index in [-0.39, 0.29) is 17.3 Å². The molecule has 0 aliphatic rings. The molecule has 0 aliphatic heterocycles. The van der Waals surface area contributed by atoms with E-state index in [4.69, 9.17) is 0 Å². The van der Waals surface area contributed by atoms with Gasteiger partial charge in [0, 0.05) is 19.0 Å². The van der Waals surface area contributed by atoms with E-state index in [1.807, 2.05) is 20.8 Å². The Bertz CT molecular complexity index is 708. The fraction of sp³-hybridized carbons (Fsp3) is 0.615. The average molecular weight is 264 g/mol. The summed E-state index contributed by atoms with van der Waals surface area (Å²) in [5.41, 5.74) is 0.349. The molecule has 0 spiro atoms. The zero-order chi connectivity index (χ0) is 14.2. The van der Waals surface area contributed by atoms with E-state index >= 15 is 0 Å². The average Bonchev–Trinajstić information content (AvgIpc) is 2.83. The van der Waals surface area contributed by atoms with Gasteiger partial charge >= 0.3 is 5.69 Å². The molecule has 1 N–H and O–H groups in total. The fourth-order valence-corrected chi connectivity index (χ4v) is 2.20. The lowest BCUT2D eigenvalue weighted by atomic mass is 10.2. The van der Waals surface area contributed by atoms with Crippen molar-refractivity contribution in [2.75, 3.05) is 0 Å². The van der Waals surface area contributed by atoms with Crippen LogP contribution in [-0.4, -0.2) is 19.1 Å². The van der Waals surface area contributed by atoms with E-state index in [9.17, 15) is 9.59 Å². The van der Waals surface area contributed by atoms with Crippen molar-refractivity contribution in [2.45, 2.75) is 53.1 Å². The van der Waals surface area contributed by atoms with E-state index in [1.165, 1.54) is 4.57 Å². The van der Waals surface area contributed by atoms with Crippen molar-refractivity contribution in [3.05, 3.63) is 26.7 Å². The van der Waals surface area contributed by atoms with E-state index in [0.717, 1.165) is 12.2 Å². The van der Waals surface area contributed by atoms with Crippen LogP contribution in [0.3, 0.4) is 0 Å². The number of rotatable bonds is 4. The smallest absolute Gasteiger partial charge is 0.332 e. The monoisotopic (exact) mass is 264 g/mol. The van der Waals surface area contributed by atoms with Gasteiger partial charge in [0.15, 0.2) is 5.65 Å². The Kier molecular flexibility index (Phi) is 3.59. The molecule has 6 nitrogen and oxygen atoms in total. The van der Waals surface area contributed by atoms with Gasteiger partial charge in [-0.3, -0.25) is 13.9 Å². The van der Waals surface area contributed by atoms with Gasteiger partial charge in [0.25, 0.3) is 5.56 Å². The van der Waals surface area contributed by atoms with Crippen molar-refractivity contribution in [1.29, 1.82) is 0 Å². The molecule has 0 radical (unpaired) electrons. The van der Waals surface area contributed by atoms with Crippen molar-refractivity contribution in [3.8, 4) is 0 Å². The number of imidazole rings is 1. The summed E-state index contributed by atoms with van der Waals surface area (Å²) >= 11 is 0. The molecule has 2 aromatic heterocycles. The van der Waals surface area contributed by atoms with Crippen LogP contribution in [0.15, 0.2) is 9.59 Å². The first-order valence-corrected chi connectivity index (χ1v) is 6.78. The topological polar surface area (TPSA) is 72.7 Å². The molecular weight excluding hydrogens is 244 g/mol. The molecule has 104 valence electrons. The van der Waals surface area contributed by atoms with Crippen LogP contribution in [0.5, 0.6) is 0 Å². The number of H-pyrrole nitrogens is 1. The lowest BCUT2D eigenvalue weighted by molar-refractivity contribution is 0.489. The minimum atomic E-state index is -0.283. The van der Waals surface area contributed by atoms with E-state index in [0.29, 0.717) is 24.1 Å². The molecule has 0 fully saturated rings. The van der Waals surface area contributed by atoms with E-state index in [1.54, 1.807) is 11.5 Å². The highest BCUT2D eigenvalue weighted by molar-refractivity contribution is 5.70. The Morgan fingerprint density at radius 1 is 1.26 bits per heavy atom. The second kappa shape index (κ2) is 5.03. The summed E-state index contributed by atoms with van der Waals surface area (Å²) in [4.78, 5) is 32.1. The molecule has 1 atom stereocenters. The number of fused-ring (bicyclic) bond motifs is 1. The van der Waals surface area contributed by atoms with Gasteiger partial charge in [-0.05, 0) is 20.3 Å². The van der Waals surface area contributed by atoms with E-state index in [2.05, 4.69) is 9.97 Å². The number of aromatic nitrogens is 4. The first kappa shape index (κ1) is 13.6. The van der Waals surface area contributed by atoms with Crippen molar-refractivity contribution in [1.82, 2.24) is 19.1 Å². The Morgan fingerprint density at radius 2 is 1.95 bits per heavy atom. The summed E-state index contributed by atoms with van der Waals surface area (Å²) < 4.78 is 2.88. The Hall–Kier alpha value is -1.85. The number of aryl methyl sites for hydroxylation is 1. The fourth-order valence-electron chi connectivity index (χ4n) is 2.20. The largest absolute Gasteiger partial charge is 0.336 e. The van der Waals surface area contributed by atoms with Gasteiger partial charge in [-0.15, -0.1) is 0 Å². The first-order valence-electron chi connectivity index (χ1n) is 6.78. The third kappa shape index (κ3) is 2.01. The van der Waals surface area contributed by atoms with Crippen molar-refractivity contribution >= 4 is 11.2 Å². The number of hydrogen-bond acceptors (Lipinski definition) is 3. The van der Waals surface area contributed by atoms with Crippen LogP contribution in [0, 0.1) is 0 Å². The zero-order valence-electron chi connectivity index (χ0n) is 11.9. The first-order chi connectivity index (χ1) is 9.04. The summed E-state index contributed by atoms with van der Waals surface area (Å²) in [6.07, 6.45) is 1.51. The lowest BCUT2D eigenvalue weighted by Gasteiger charge is -2.15. The van der Waals surface area contributed by atoms with Crippen LogP contribution in [0.25, 0.3) is 11.2 Å². The highest BCUT2D eigenvalue weighted by atomic mass is 16.2. The molecule has 2 aromatic rings. The summed E-state index contributed by atoms with van der Waals surface area (Å²) in [6, 6.07) is 0.0152. The minimum absolute atomic E-state index is 0.0152. The molecule has 0 saturated heterocycles. The van der Waals surface area contributed by atoms with Gasteiger partial charge in [0.05, 0.1) is 0 Å². The molecule has 2 rings (SSSR count). The van der Waals surface area contributed by atoms with Gasteiger partial charge in [-0.25, -0.2) is 9.78 Å². The molecule has 1 unspecified atom stereocenters. The van der Waals surface area contributed by atoms with Crippen molar-refractivity contribution in [3.63, 3.8) is 0 Å². The van der Waals surface area contributed by atoms with Gasteiger partial charge in [-0.1, -0.05) is 13.8 Å². The van der Waals surface area contributed by atoms with Crippen LogP contribution in [0.4, 0.5) is 0 Å². The second-order valence-electron chi connectivity index (χ2n) is 4.69. The van der Waals surface area contributed by atoms with Crippen molar-refractivity contribution in [2.24, 2.45) is 0 Å². The number of aromatic amines is 1. The van der Waals surface area contributed by atoms with Crippen LogP contribution >= 0.6 is 0 Å². The highest BCUT2D eigenvalue weighted by Gasteiger charge is 2.18. The van der Waals surface area contributed by atoms with Gasteiger partial charge < -0.3 is 4.98 Å². The highest BCUT2D eigenvalue weighted by Crippen LogP contribution is 2.14. The number of hydrogen-bond donors (Lipinski definition) is 1. The maximum absolute atomic E-state index is 12.4. The van der Waals surface area contributed by atoms with Crippen LogP contribution in [0.1, 0.15) is 46.0 Å². The standard InChI is InChI=1S/C13H20N4O2/c1-5-8(4)17-11-10(14-9(6-2)15-11)12(18)16(7-3)13(17)19/h8H,5-7H2,1-4H3,(H,14,15). The maximum atomic E-state index is 12.4. The zero-order valence-corrected chi connectivity index (χ0v) is 11.9. The molecular formula is C13H20N4O2. The SMILES string of the molecule is CCc1nc2c([nH]1)c(=O)n(CC)c(=O)n2C(C)CC. The maximum Gasteiger partial charge on any atom is 0.332 e. The van der Waals surface area contributed by atoms with Crippen LogP contribution in [0.2, 0.25) is 0 Å². The van der Waals surface area contributed by atoms with Gasteiger partial charge in [0.2, 0.25) is 0 Å². The molecule has 0 amide bonds. The number of nitrogens with zero attached hydrogens (tertiary/aromatic N) is 3. The quantitative estimate of drug-likeness (QED) is 0.908. The summed E-state index contributed by atoms with van der Waals surface area (Å²) in [5, 5.41) is 0. The second-order valence-corrected chi connectivity index (χ2v) is 4.69. The number of nitrogens with one attached hydrogen (secondary N) is 1. The van der Waals surface area contributed by atoms with E-state index < -0.39 is 0 Å². The lowest BCUT2D eigenvalue weighted by Crippen LogP contribution is -2.40. The van der Waals surface area contributed by atoms with Crippen LogP contribution in [-0.2, 0) is 13.0 Å². The molecule has 0 aliphatic carbocycles. The van der Waals surface area contributed by atoms with Crippen molar-refractivity contribution < 1.29 is 0 Å². The normalized spacial score (nSPS) is 13.1. The molecule has 2 heterocycles. The van der Waals surface area contributed by atoms with Gasteiger partial charge in [0.1, 0.15) is 11.3 Å². The summed E-state index contributed by atoms with van der Waals surface area (Å²) in [7, 11) is 0. The Morgan fingerprint density at radius 3 is 2.47 bits per heavy atom. The predicted octanol–water partition coefficient (Wildman–Crippen LogP) is 1.44. The third-order valence-electron chi connectivity index (χ3n) is 3.54. The molecule has 0 bridgehead atoms. The van der Waals surface area contributed by atoms with Crippen LogP contribution < -0.4 is 11.2 Å². The molecule has 0 saturated carbocycles. The Labute approximate surface area is 111 Å². The predicted molar refractivity (Wildman–Crippen MR) is 74.7 cm³/mol. The summed E-state index contributed by atoms with van der Waals surface area (Å²) in [6.45, 7) is 8.10. The third-order valence-corrected chi connectivity index (χ3v) is 3.54. The Balaban J connectivity index is 2.95.